The number of nitrogens with zero attached hydrogens (tertiary/aromatic N) is 1. The Labute approximate surface area is 93.5 Å². The molecule has 90 valence electrons. The predicted octanol–water partition coefficient (Wildman–Crippen LogP) is 2.61. The summed E-state index contributed by atoms with van der Waals surface area (Å²) in [4.78, 5) is 12.6. The van der Waals surface area contributed by atoms with Gasteiger partial charge in [0.05, 0.1) is 0 Å². The van der Waals surface area contributed by atoms with Crippen LogP contribution in [0.5, 0.6) is 0 Å². The lowest BCUT2D eigenvalue weighted by atomic mass is 9.92. The number of unbranched alkanes of at least 4 members (excludes halogenated alkanes) is 1. The van der Waals surface area contributed by atoms with Gasteiger partial charge in [-0.1, -0.05) is 20.8 Å². The van der Waals surface area contributed by atoms with Crippen molar-refractivity contribution >= 4 is 5.97 Å². The van der Waals surface area contributed by atoms with E-state index in [4.69, 9.17) is 5.11 Å². The van der Waals surface area contributed by atoms with Crippen LogP contribution in [0.1, 0.15) is 46.5 Å². The van der Waals surface area contributed by atoms with Gasteiger partial charge in [0.2, 0.25) is 0 Å². The van der Waals surface area contributed by atoms with Crippen LogP contribution in [-0.4, -0.2) is 36.1 Å². The van der Waals surface area contributed by atoms with Crippen molar-refractivity contribution in [2.24, 2.45) is 5.41 Å². The second-order valence-electron chi connectivity index (χ2n) is 5.46. The maximum absolute atomic E-state index is 10.3. The van der Waals surface area contributed by atoms with Crippen molar-refractivity contribution in [1.82, 2.24) is 4.90 Å². The number of rotatable bonds is 7. The Balaban J connectivity index is 3.41. The molecule has 0 aromatic heterocycles. The van der Waals surface area contributed by atoms with Crippen molar-refractivity contribution in [1.29, 1.82) is 0 Å². The predicted molar refractivity (Wildman–Crippen MR) is 63.1 cm³/mol. The molecule has 0 spiro atoms. The summed E-state index contributed by atoms with van der Waals surface area (Å²) in [6.07, 6.45) is 3.25. The maximum atomic E-state index is 10.3. The van der Waals surface area contributed by atoms with E-state index in [-0.39, 0.29) is 0 Å². The van der Waals surface area contributed by atoms with Gasteiger partial charge in [-0.3, -0.25) is 4.79 Å². The SMILES string of the molecule is CN(CCCCC(=O)O)CCC(C)(C)C. The first-order valence-corrected chi connectivity index (χ1v) is 5.71. The fourth-order valence-corrected chi connectivity index (χ4v) is 1.30. The second-order valence-corrected chi connectivity index (χ2v) is 5.46. The van der Waals surface area contributed by atoms with Gasteiger partial charge in [-0.05, 0) is 44.8 Å². The van der Waals surface area contributed by atoms with Crippen molar-refractivity contribution in [3.63, 3.8) is 0 Å². The van der Waals surface area contributed by atoms with E-state index in [9.17, 15) is 4.79 Å². The van der Waals surface area contributed by atoms with Crippen LogP contribution in [-0.2, 0) is 4.79 Å². The molecular formula is C12H25NO2. The summed E-state index contributed by atoms with van der Waals surface area (Å²) in [5, 5.41) is 8.48. The van der Waals surface area contributed by atoms with Crippen LogP contribution in [0.2, 0.25) is 0 Å². The van der Waals surface area contributed by atoms with E-state index in [0.717, 1.165) is 25.9 Å². The molecule has 0 saturated carbocycles. The average Bonchev–Trinajstić information content (AvgIpc) is 2.07. The highest BCUT2D eigenvalue weighted by Crippen LogP contribution is 2.18. The summed E-state index contributed by atoms with van der Waals surface area (Å²) >= 11 is 0. The first-order chi connectivity index (χ1) is 6.81. The van der Waals surface area contributed by atoms with Crippen LogP contribution in [0.25, 0.3) is 0 Å². The Hall–Kier alpha value is -0.570. The molecule has 0 aliphatic carbocycles. The Morgan fingerprint density at radius 2 is 1.80 bits per heavy atom. The largest absolute Gasteiger partial charge is 0.481 e. The Bertz CT molecular complexity index is 185. The maximum Gasteiger partial charge on any atom is 0.303 e. The van der Waals surface area contributed by atoms with E-state index in [1.165, 1.54) is 6.42 Å². The lowest BCUT2D eigenvalue weighted by molar-refractivity contribution is -0.137. The summed E-state index contributed by atoms with van der Waals surface area (Å²) < 4.78 is 0. The molecule has 0 aromatic carbocycles. The van der Waals surface area contributed by atoms with Gasteiger partial charge in [-0.2, -0.15) is 0 Å². The van der Waals surface area contributed by atoms with Gasteiger partial charge in [0.1, 0.15) is 0 Å². The molecule has 0 atom stereocenters. The molecule has 15 heavy (non-hydrogen) atoms. The van der Waals surface area contributed by atoms with Gasteiger partial charge in [0.15, 0.2) is 0 Å². The zero-order chi connectivity index (χ0) is 11.9. The highest BCUT2D eigenvalue weighted by molar-refractivity contribution is 5.66. The highest BCUT2D eigenvalue weighted by Gasteiger charge is 2.10. The molecule has 0 bridgehead atoms. The molecule has 0 unspecified atom stereocenters. The van der Waals surface area contributed by atoms with Crippen molar-refractivity contribution in [2.75, 3.05) is 20.1 Å². The van der Waals surface area contributed by atoms with Crippen LogP contribution in [0.4, 0.5) is 0 Å². The van der Waals surface area contributed by atoms with E-state index in [2.05, 4.69) is 32.7 Å². The van der Waals surface area contributed by atoms with E-state index < -0.39 is 5.97 Å². The van der Waals surface area contributed by atoms with E-state index >= 15 is 0 Å². The lowest BCUT2D eigenvalue weighted by Gasteiger charge is -2.23. The summed E-state index contributed by atoms with van der Waals surface area (Å²) in [7, 11) is 2.10. The molecule has 0 saturated heterocycles. The molecule has 0 aliphatic rings. The zero-order valence-electron chi connectivity index (χ0n) is 10.5. The number of carbonyl (C=O) groups is 1. The quantitative estimate of drug-likeness (QED) is 0.664. The molecule has 0 aliphatic heterocycles. The number of carboxylic acid groups (broad SMARTS) is 1. The van der Waals surface area contributed by atoms with Gasteiger partial charge in [0.25, 0.3) is 0 Å². The van der Waals surface area contributed by atoms with Crippen LogP contribution >= 0.6 is 0 Å². The minimum Gasteiger partial charge on any atom is -0.481 e. The molecule has 0 fully saturated rings. The normalized spacial score (nSPS) is 12.1. The number of aliphatic carboxylic acids is 1. The van der Waals surface area contributed by atoms with Crippen molar-refractivity contribution in [2.45, 2.75) is 46.5 Å². The summed E-state index contributed by atoms with van der Waals surface area (Å²) in [6, 6.07) is 0. The third-order valence-corrected chi connectivity index (χ3v) is 2.42. The van der Waals surface area contributed by atoms with Gasteiger partial charge < -0.3 is 10.0 Å². The molecule has 0 radical (unpaired) electrons. The van der Waals surface area contributed by atoms with Crippen molar-refractivity contribution in [3.8, 4) is 0 Å². The minimum atomic E-state index is -0.688. The first kappa shape index (κ1) is 14.4. The molecule has 0 aromatic rings. The lowest BCUT2D eigenvalue weighted by Crippen LogP contribution is -2.24. The topological polar surface area (TPSA) is 40.5 Å². The molecule has 0 rings (SSSR count). The van der Waals surface area contributed by atoms with Crippen molar-refractivity contribution < 1.29 is 9.90 Å². The minimum absolute atomic E-state index is 0.299. The van der Waals surface area contributed by atoms with Crippen LogP contribution < -0.4 is 0 Å². The number of hydrogen-bond acceptors (Lipinski definition) is 2. The Morgan fingerprint density at radius 3 is 2.27 bits per heavy atom. The third kappa shape index (κ3) is 11.4. The van der Waals surface area contributed by atoms with Crippen molar-refractivity contribution in [3.05, 3.63) is 0 Å². The standard InChI is InChI=1S/C12H25NO2/c1-12(2,3)8-10-13(4)9-6-5-7-11(14)15/h5-10H2,1-4H3,(H,14,15). The third-order valence-electron chi connectivity index (χ3n) is 2.42. The van der Waals surface area contributed by atoms with Crippen LogP contribution in [0, 0.1) is 5.41 Å². The first-order valence-electron chi connectivity index (χ1n) is 5.71. The van der Waals surface area contributed by atoms with E-state index in [1.807, 2.05) is 0 Å². The molecule has 1 N–H and O–H groups in total. The second kappa shape index (κ2) is 6.83. The number of hydrogen-bond donors (Lipinski definition) is 1. The average molecular weight is 215 g/mol. The Morgan fingerprint density at radius 1 is 1.20 bits per heavy atom. The van der Waals surface area contributed by atoms with Gasteiger partial charge in [-0.25, -0.2) is 0 Å². The van der Waals surface area contributed by atoms with Gasteiger partial charge >= 0.3 is 5.97 Å². The summed E-state index contributed by atoms with van der Waals surface area (Å²) in [5.41, 5.74) is 0.384. The Kier molecular flexibility index (Phi) is 6.57. The van der Waals surface area contributed by atoms with Gasteiger partial charge in [-0.15, -0.1) is 0 Å². The molecule has 0 heterocycles. The van der Waals surface area contributed by atoms with E-state index in [0.29, 0.717) is 11.8 Å². The molecule has 0 amide bonds. The fraction of sp³-hybridized carbons (Fsp3) is 0.917. The molecule has 3 nitrogen and oxygen atoms in total. The van der Waals surface area contributed by atoms with Crippen LogP contribution in [0.15, 0.2) is 0 Å². The smallest absolute Gasteiger partial charge is 0.303 e. The monoisotopic (exact) mass is 215 g/mol. The fourth-order valence-electron chi connectivity index (χ4n) is 1.30. The number of carboxylic acids is 1. The zero-order valence-corrected chi connectivity index (χ0v) is 10.5. The van der Waals surface area contributed by atoms with Crippen LogP contribution in [0.3, 0.4) is 0 Å². The van der Waals surface area contributed by atoms with E-state index in [1.54, 1.807) is 0 Å². The summed E-state index contributed by atoms with van der Waals surface area (Å²) in [6.45, 7) is 8.82. The molecule has 3 heteroatoms. The summed E-state index contributed by atoms with van der Waals surface area (Å²) in [5.74, 6) is -0.688. The molecular weight excluding hydrogens is 190 g/mol. The highest BCUT2D eigenvalue weighted by atomic mass is 16.4. The van der Waals surface area contributed by atoms with Gasteiger partial charge in [0, 0.05) is 6.42 Å².